The smallest absolute Gasteiger partial charge is 0.409 e. The fourth-order valence-electron chi connectivity index (χ4n) is 1.31. The Morgan fingerprint density at radius 1 is 1.13 bits per heavy atom. The number of ether oxygens (including phenoxy) is 2. The van der Waals surface area contributed by atoms with Gasteiger partial charge in [0.1, 0.15) is 5.75 Å². The van der Waals surface area contributed by atoms with E-state index in [9.17, 15) is 17.6 Å². The summed E-state index contributed by atoms with van der Waals surface area (Å²) in [5.74, 6) is -0.559. The lowest BCUT2D eigenvalue weighted by Crippen LogP contribution is -2.41. The van der Waals surface area contributed by atoms with Crippen LogP contribution < -0.4 is 4.74 Å². The molecule has 1 aliphatic rings. The zero-order valence-electron chi connectivity index (χ0n) is 7.56. The number of halogens is 4. The van der Waals surface area contributed by atoms with Crippen LogP contribution in [-0.4, -0.2) is 6.29 Å². The Labute approximate surface area is 82.4 Å². The first-order valence-electron chi connectivity index (χ1n) is 4.06. The summed E-state index contributed by atoms with van der Waals surface area (Å²) in [5, 5.41) is 0. The van der Waals surface area contributed by atoms with Crippen LogP contribution in [0.15, 0.2) is 18.2 Å². The first-order valence-corrected chi connectivity index (χ1v) is 4.06. The highest BCUT2D eigenvalue weighted by molar-refractivity contribution is 5.40. The molecule has 2 nitrogen and oxygen atoms in total. The molecule has 0 fully saturated rings. The second kappa shape index (κ2) is 2.85. The quantitative estimate of drug-likeness (QED) is 0.628. The molecule has 0 bridgehead atoms. The van der Waals surface area contributed by atoms with Gasteiger partial charge >= 0.3 is 12.4 Å². The molecule has 0 unspecified atom stereocenters. The number of benzene rings is 1. The highest BCUT2D eigenvalue weighted by Gasteiger charge is 2.54. The SMILES string of the molecule is Cc1ccc2c(c1)OC(F)(F)OC2(F)F. The van der Waals surface area contributed by atoms with Gasteiger partial charge in [0.05, 0.1) is 5.56 Å². The zero-order chi connectivity index (χ0) is 11.3. The maximum atomic E-state index is 13.0. The molecule has 2 rings (SSSR count). The number of alkyl halides is 4. The minimum atomic E-state index is -4.30. The minimum absolute atomic E-state index is 0.544. The highest BCUT2D eigenvalue weighted by atomic mass is 19.3. The standard InChI is InChI=1S/C9H6F4O2/c1-5-2-3-6-7(4-5)14-9(12,13)15-8(6,10)11/h2-4H,1H3. The van der Waals surface area contributed by atoms with Crippen LogP contribution in [0.25, 0.3) is 0 Å². The van der Waals surface area contributed by atoms with Crippen molar-refractivity contribution in [1.82, 2.24) is 0 Å². The number of hydrogen-bond acceptors (Lipinski definition) is 2. The normalized spacial score (nSPS) is 21.7. The Kier molecular flexibility index (Phi) is 1.94. The molecule has 1 aromatic rings. The fraction of sp³-hybridized carbons (Fsp3) is 0.333. The van der Waals surface area contributed by atoms with Crippen molar-refractivity contribution < 1.29 is 27.0 Å². The predicted molar refractivity (Wildman–Crippen MR) is 41.7 cm³/mol. The van der Waals surface area contributed by atoms with Crippen LogP contribution >= 0.6 is 0 Å². The molecule has 15 heavy (non-hydrogen) atoms. The maximum absolute atomic E-state index is 13.0. The molecule has 0 aliphatic carbocycles. The average molecular weight is 222 g/mol. The van der Waals surface area contributed by atoms with E-state index in [0.717, 1.165) is 12.1 Å². The molecule has 0 amide bonds. The van der Waals surface area contributed by atoms with E-state index < -0.39 is 23.7 Å². The van der Waals surface area contributed by atoms with Gasteiger partial charge in [-0.3, -0.25) is 0 Å². The summed E-state index contributed by atoms with van der Waals surface area (Å²) in [5.41, 5.74) is -0.152. The molecule has 82 valence electrons. The topological polar surface area (TPSA) is 18.5 Å². The molecule has 0 aromatic heterocycles. The zero-order valence-corrected chi connectivity index (χ0v) is 7.56. The molecule has 0 saturated carbocycles. The summed E-state index contributed by atoms with van der Waals surface area (Å²) in [6.07, 6.45) is -8.34. The third-order valence-electron chi connectivity index (χ3n) is 1.93. The lowest BCUT2D eigenvalue weighted by atomic mass is 10.1. The molecule has 0 atom stereocenters. The van der Waals surface area contributed by atoms with Gasteiger partial charge in [-0.15, -0.1) is 8.78 Å². The van der Waals surface area contributed by atoms with Gasteiger partial charge in [0.25, 0.3) is 0 Å². The third kappa shape index (κ3) is 1.77. The van der Waals surface area contributed by atoms with E-state index in [0.29, 0.717) is 5.56 Å². The Morgan fingerprint density at radius 3 is 2.47 bits per heavy atom. The Bertz CT molecular complexity index is 403. The van der Waals surface area contributed by atoms with E-state index in [2.05, 4.69) is 9.47 Å². The van der Waals surface area contributed by atoms with Crippen LogP contribution in [0.2, 0.25) is 0 Å². The van der Waals surface area contributed by atoms with Crippen molar-refractivity contribution in [3.05, 3.63) is 29.3 Å². The number of fused-ring (bicyclic) bond motifs is 1. The second-order valence-corrected chi connectivity index (χ2v) is 3.18. The molecule has 0 N–H and O–H groups in total. The molecule has 1 aliphatic heterocycles. The van der Waals surface area contributed by atoms with E-state index >= 15 is 0 Å². The van der Waals surface area contributed by atoms with Crippen molar-refractivity contribution in [3.8, 4) is 5.75 Å². The summed E-state index contributed by atoms with van der Waals surface area (Å²) >= 11 is 0. The Balaban J connectivity index is 2.55. The van der Waals surface area contributed by atoms with Crippen LogP contribution in [0, 0.1) is 6.92 Å². The summed E-state index contributed by atoms with van der Waals surface area (Å²) < 4.78 is 58.5. The van der Waals surface area contributed by atoms with Crippen molar-refractivity contribution in [2.24, 2.45) is 0 Å². The molecular formula is C9H6F4O2. The largest absolute Gasteiger partial charge is 0.540 e. The van der Waals surface area contributed by atoms with Gasteiger partial charge in [0, 0.05) is 0 Å². The Hall–Kier alpha value is -1.30. The lowest BCUT2D eigenvalue weighted by molar-refractivity contribution is -0.461. The molecule has 0 saturated heterocycles. The summed E-state index contributed by atoms with van der Waals surface area (Å²) in [6, 6.07) is 3.47. The molecular weight excluding hydrogens is 216 g/mol. The van der Waals surface area contributed by atoms with Gasteiger partial charge in [0.15, 0.2) is 0 Å². The predicted octanol–water partition coefficient (Wildman–Crippen LogP) is 3.00. The molecule has 0 radical (unpaired) electrons. The van der Waals surface area contributed by atoms with E-state index in [1.807, 2.05) is 0 Å². The minimum Gasteiger partial charge on any atom is -0.409 e. The van der Waals surface area contributed by atoms with Crippen molar-refractivity contribution >= 4 is 0 Å². The Morgan fingerprint density at radius 2 is 1.80 bits per heavy atom. The van der Waals surface area contributed by atoms with Gasteiger partial charge in [0.2, 0.25) is 0 Å². The van der Waals surface area contributed by atoms with Crippen molar-refractivity contribution in [2.45, 2.75) is 19.3 Å². The summed E-state index contributed by atoms with van der Waals surface area (Å²) in [7, 11) is 0. The van der Waals surface area contributed by atoms with Crippen LogP contribution in [0.5, 0.6) is 5.75 Å². The fourth-order valence-corrected chi connectivity index (χ4v) is 1.31. The van der Waals surface area contributed by atoms with Gasteiger partial charge in [-0.05, 0) is 24.6 Å². The first kappa shape index (κ1) is 10.2. The summed E-state index contributed by atoms with van der Waals surface area (Å²) in [4.78, 5) is 0. The maximum Gasteiger partial charge on any atom is 0.540 e. The van der Waals surface area contributed by atoms with Crippen LogP contribution in [0.3, 0.4) is 0 Å². The third-order valence-corrected chi connectivity index (χ3v) is 1.93. The number of aryl methyl sites for hydroxylation is 1. The molecule has 1 heterocycles. The van der Waals surface area contributed by atoms with Crippen LogP contribution in [0.4, 0.5) is 17.6 Å². The van der Waals surface area contributed by atoms with Crippen LogP contribution in [0.1, 0.15) is 11.1 Å². The van der Waals surface area contributed by atoms with Gasteiger partial charge in [-0.2, -0.15) is 8.78 Å². The monoisotopic (exact) mass is 222 g/mol. The van der Waals surface area contributed by atoms with E-state index in [-0.39, 0.29) is 0 Å². The number of hydrogen-bond donors (Lipinski definition) is 0. The molecule has 6 heteroatoms. The first-order chi connectivity index (χ1) is 6.80. The highest BCUT2D eigenvalue weighted by Crippen LogP contribution is 2.46. The number of rotatable bonds is 0. The van der Waals surface area contributed by atoms with Crippen molar-refractivity contribution in [2.75, 3.05) is 0 Å². The molecule has 1 aromatic carbocycles. The van der Waals surface area contributed by atoms with Gasteiger partial charge in [-0.1, -0.05) is 6.07 Å². The van der Waals surface area contributed by atoms with E-state index in [4.69, 9.17) is 0 Å². The lowest BCUT2D eigenvalue weighted by Gasteiger charge is -2.30. The van der Waals surface area contributed by atoms with Crippen molar-refractivity contribution in [1.29, 1.82) is 0 Å². The van der Waals surface area contributed by atoms with Gasteiger partial charge in [-0.25, -0.2) is 4.74 Å². The summed E-state index contributed by atoms with van der Waals surface area (Å²) in [6.45, 7) is 1.58. The second-order valence-electron chi connectivity index (χ2n) is 3.18. The van der Waals surface area contributed by atoms with Crippen LogP contribution in [-0.2, 0) is 10.8 Å². The van der Waals surface area contributed by atoms with Gasteiger partial charge < -0.3 is 4.74 Å². The van der Waals surface area contributed by atoms with Crippen molar-refractivity contribution in [3.63, 3.8) is 0 Å². The average Bonchev–Trinajstić information content (AvgIpc) is 1.97. The van der Waals surface area contributed by atoms with E-state index in [1.54, 1.807) is 6.92 Å². The molecule has 0 spiro atoms. The van der Waals surface area contributed by atoms with E-state index in [1.165, 1.54) is 6.07 Å².